The minimum atomic E-state index is -0.460. The van der Waals surface area contributed by atoms with E-state index in [9.17, 15) is 14.4 Å². The molecule has 1 atom stereocenters. The van der Waals surface area contributed by atoms with Gasteiger partial charge in [0.15, 0.2) is 0 Å². The van der Waals surface area contributed by atoms with E-state index in [1.54, 1.807) is 0 Å². The molecule has 2 aromatic rings. The largest absolute Gasteiger partial charge is 0.444 e. The summed E-state index contributed by atoms with van der Waals surface area (Å²) in [6.45, 7) is 14.2. The Balaban J connectivity index is 1.20. The summed E-state index contributed by atoms with van der Waals surface area (Å²) in [6, 6.07) is 6.43. The molecule has 3 fully saturated rings. The van der Waals surface area contributed by atoms with Gasteiger partial charge in [-0.25, -0.2) is 4.79 Å². The Labute approximate surface area is 237 Å². The van der Waals surface area contributed by atoms with Gasteiger partial charge in [-0.05, 0) is 88.3 Å². The van der Waals surface area contributed by atoms with Crippen LogP contribution in [0, 0.1) is 17.3 Å². The van der Waals surface area contributed by atoms with Gasteiger partial charge in [0.1, 0.15) is 5.60 Å². The lowest BCUT2D eigenvalue weighted by Crippen LogP contribution is -2.47. The van der Waals surface area contributed by atoms with Crippen LogP contribution < -0.4 is 10.2 Å². The van der Waals surface area contributed by atoms with E-state index in [-0.39, 0.29) is 29.2 Å². The number of fused-ring (bicyclic) bond motifs is 1. The zero-order valence-electron chi connectivity index (χ0n) is 25.0. The maximum Gasteiger partial charge on any atom is 0.410 e. The van der Waals surface area contributed by atoms with Crippen molar-refractivity contribution in [3.05, 3.63) is 23.9 Å². The van der Waals surface area contributed by atoms with Crippen LogP contribution in [0.15, 0.2) is 18.2 Å². The van der Waals surface area contributed by atoms with Crippen molar-refractivity contribution in [2.75, 3.05) is 31.1 Å². The fraction of sp³-hybridized carbons (Fsp3) is 0.677. The number of likely N-dealkylation sites (tertiary alicyclic amines) is 1. The van der Waals surface area contributed by atoms with Gasteiger partial charge in [-0.3, -0.25) is 19.6 Å². The average Bonchev–Trinajstić information content (AvgIpc) is 3.23. The summed E-state index contributed by atoms with van der Waals surface area (Å²) >= 11 is 0. The highest BCUT2D eigenvalue weighted by Gasteiger charge is 2.41. The van der Waals surface area contributed by atoms with E-state index < -0.39 is 5.60 Å². The van der Waals surface area contributed by atoms with Crippen molar-refractivity contribution in [2.24, 2.45) is 24.3 Å². The third kappa shape index (κ3) is 5.70. The minimum absolute atomic E-state index is 0.188. The summed E-state index contributed by atoms with van der Waals surface area (Å²) in [6.07, 6.45) is 5.00. The third-order valence-corrected chi connectivity index (χ3v) is 9.54. The molecule has 3 amide bonds. The van der Waals surface area contributed by atoms with Crippen molar-refractivity contribution in [3.8, 4) is 0 Å². The Bertz CT molecular complexity index is 1280. The molecule has 1 aromatic carbocycles. The number of hydrogen-bond acceptors (Lipinski definition) is 6. The topological polar surface area (TPSA) is 96.8 Å². The predicted octanol–water partition coefficient (Wildman–Crippen LogP) is 4.98. The standard InChI is InChI=1S/C31H45N5O4/c1-30(2,3)40-29(39)36-17-13-21(14-18-36)31(4,5)20-11-15-35(16-12-20)22-7-8-23-25(19-22)34(6)33-27(23)24-9-10-26(37)32-28(24)38/h7-8,19-21,24H,9-18H2,1-6H3,(H,32,37,38). The van der Waals surface area contributed by atoms with Gasteiger partial charge < -0.3 is 14.5 Å². The minimum Gasteiger partial charge on any atom is -0.444 e. The van der Waals surface area contributed by atoms with Crippen molar-refractivity contribution in [1.82, 2.24) is 20.0 Å². The summed E-state index contributed by atoms with van der Waals surface area (Å²) < 4.78 is 7.45. The SMILES string of the molecule is Cn1nc(C2CCC(=O)NC2=O)c2ccc(N3CCC(C(C)(C)C4CCN(C(=O)OC(C)(C)C)CC4)CC3)cc21. The molecule has 4 heterocycles. The summed E-state index contributed by atoms with van der Waals surface area (Å²) in [4.78, 5) is 41.0. The molecule has 40 heavy (non-hydrogen) atoms. The molecule has 0 saturated carbocycles. The maximum absolute atomic E-state index is 12.5. The maximum atomic E-state index is 12.5. The summed E-state index contributed by atoms with van der Waals surface area (Å²) in [5.74, 6) is 0.393. The zero-order valence-corrected chi connectivity index (χ0v) is 25.0. The van der Waals surface area contributed by atoms with Gasteiger partial charge in [0.25, 0.3) is 0 Å². The molecule has 1 unspecified atom stereocenters. The Morgan fingerprint density at radius 2 is 1.57 bits per heavy atom. The second kappa shape index (κ2) is 10.7. The number of aromatic nitrogens is 2. The number of benzene rings is 1. The van der Waals surface area contributed by atoms with Crippen LogP contribution >= 0.6 is 0 Å². The van der Waals surface area contributed by atoms with E-state index in [1.165, 1.54) is 5.69 Å². The highest BCUT2D eigenvalue weighted by molar-refractivity contribution is 6.02. The Morgan fingerprint density at radius 1 is 0.950 bits per heavy atom. The van der Waals surface area contributed by atoms with Gasteiger partial charge in [0.05, 0.1) is 17.1 Å². The fourth-order valence-corrected chi connectivity index (χ4v) is 7.03. The van der Waals surface area contributed by atoms with Gasteiger partial charge in [-0.1, -0.05) is 13.8 Å². The number of ether oxygens (including phenoxy) is 1. The van der Waals surface area contributed by atoms with Crippen molar-refractivity contribution in [2.45, 2.75) is 84.7 Å². The van der Waals surface area contributed by atoms with Crippen molar-refractivity contribution >= 4 is 34.5 Å². The Hall–Kier alpha value is -3.10. The van der Waals surface area contributed by atoms with Crippen molar-refractivity contribution < 1.29 is 19.1 Å². The number of piperidine rings is 3. The highest BCUT2D eigenvalue weighted by Crippen LogP contribution is 2.46. The molecular formula is C31H45N5O4. The third-order valence-electron chi connectivity index (χ3n) is 9.54. The molecule has 0 bridgehead atoms. The summed E-state index contributed by atoms with van der Waals surface area (Å²) in [7, 11) is 1.92. The second-order valence-corrected chi connectivity index (χ2v) is 13.5. The van der Waals surface area contributed by atoms with Crippen LogP contribution in [0.3, 0.4) is 0 Å². The van der Waals surface area contributed by atoms with Crippen molar-refractivity contribution in [3.63, 3.8) is 0 Å². The molecule has 3 aliphatic rings. The van der Waals surface area contributed by atoms with E-state index in [0.29, 0.717) is 24.7 Å². The average molecular weight is 552 g/mol. The fourth-order valence-electron chi connectivity index (χ4n) is 7.03. The van der Waals surface area contributed by atoms with Gasteiger partial charge >= 0.3 is 6.09 Å². The first-order chi connectivity index (χ1) is 18.8. The summed E-state index contributed by atoms with van der Waals surface area (Å²) in [5.41, 5.74) is 2.71. The molecule has 3 saturated heterocycles. The Kier molecular flexibility index (Phi) is 7.61. The first kappa shape index (κ1) is 28.4. The van der Waals surface area contributed by atoms with Crippen LogP contribution in [0.25, 0.3) is 10.9 Å². The highest BCUT2D eigenvalue weighted by atomic mass is 16.6. The quantitative estimate of drug-likeness (QED) is 0.538. The van der Waals surface area contributed by atoms with E-state index in [4.69, 9.17) is 9.84 Å². The second-order valence-electron chi connectivity index (χ2n) is 13.5. The van der Waals surface area contributed by atoms with Crippen LogP contribution in [0.2, 0.25) is 0 Å². The number of carbonyl (C=O) groups is 3. The lowest BCUT2D eigenvalue weighted by atomic mass is 9.63. The molecule has 9 heteroatoms. The number of aryl methyl sites for hydroxylation is 1. The zero-order chi connectivity index (χ0) is 28.8. The number of anilines is 1. The van der Waals surface area contributed by atoms with E-state index in [1.807, 2.05) is 37.4 Å². The van der Waals surface area contributed by atoms with Crippen molar-refractivity contribution in [1.29, 1.82) is 0 Å². The summed E-state index contributed by atoms with van der Waals surface area (Å²) in [5, 5.41) is 8.14. The number of rotatable bonds is 4. The van der Waals surface area contributed by atoms with Gasteiger partial charge in [0, 0.05) is 50.7 Å². The monoisotopic (exact) mass is 551 g/mol. The lowest BCUT2D eigenvalue weighted by Gasteiger charge is -2.48. The molecule has 1 aromatic heterocycles. The van der Waals surface area contributed by atoms with Gasteiger partial charge in [-0.15, -0.1) is 0 Å². The van der Waals surface area contributed by atoms with Crippen LogP contribution in [0.4, 0.5) is 10.5 Å². The number of amides is 3. The van der Waals surface area contributed by atoms with Crippen LogP contribution in [-0.2, 0) is 21.4 Å². The first-order valence-corrected chi connectivity index (χ1v) is 14.9. The van der Waals surface area contributed by atoms with E-state index >= 15 is 0 Å². The molecule has 3 aliphatic heterocycles. The molecule has 1 N–H and O–H groups in total. The lowest BCUT2D eigenvalue weighted by molar-refractivity contribution is -0.134. The van der Waals surface area contributed by atoms with Gasteiger partial charge in [-0.2, -0.15) is 5.10 Å². The molecule has 0 aliphatic carbocycles. The van der Waals surface area contributed by atoms with Crippen LogP contribution in [0.5, 0.6) is 0 Å². The number of hydrogen-bond donors (Lipinski definition) is 1. The van der Waals surface area contributed by atoms with E-state index in [2.05, 4.69) is 42.3 Å². The number of imide groups is 1. The first-order valence-electron chi connectivity index (χ1n) is 14.9. The smallest absolute Gasteiger partial charge is 0.410 e. The molecule has 218 valence electrons. The Morgan fingerprint density at radius 3 is 2.17 bits per heavy atom. The van der Waals surface area contributed by atoms with Crippen LogP contribution in [0.1, 0.15) is 84.8 Å². The van der Waals surface area contributed by atoms with Crippen LogP contribution in [-0.4, -0.2) is 64.4 Å². The molecular weight excluding hydrogens is 506 g/mol. The number of carbonyl (C=O) groups excluding carboxylic acids is 3. The molecule has 5 rings (SSSR count). The predicted molar refractivity (Wildman–Crippen MR) is 155 cm³/mol. The van der Waals surface area contributed by atoms with E-state index in [0.717, 1.165) is 68.5 Å². The van der Waals surface area contributed by atoms with Gasteiger partial charge in [0.2, 0.25) is 11.8 Å². The number of nitrogens with zero attached hydrogens (tertiary/aromatic N) is 4. The normalized spacial score (nSPS) is 22.1. The molecule has 9 nitrogen and oxygen atoms in total. The molecule has 0 spiro atoms. The molecule has 0 radical (unpaired) electrons. The number of nitrogens with one attached hydrogen (secondary N) is 1.